The second-order valence-corrected chi connectivity index (χ2v) is 7.14. The van der Waals surface area contributed by atoms with Crippen LogP contribution in [0.25, 0.3) is 10.8 Å². The van der Waals surface area contributed by atoms with Gasteiger partial charge in [0.2, 0.25) is 5.95 Å². The molecule has 28 heavy (non-hydrogen) atoms. The molecule has 8 heteroatoms. The van der Waals surface area contributed by atoms with Crippen molar-refractivity contribution >= 4 is 16.7 Å². The summed E-state index contributed by atoms with van der Waals surface area (Å²) < 4.78 is 6.85. The first-order chi connectivity index (χ1) is 13.6. The molecule has 3 aromatic rings. The number of nitrogens with zero attached hydrogens (tertiary/aromatic N) is 3. The van der Waals surface area contributed by atoms with E-state index in [1.165, 1.54) is 10.7 Å². The van der Waals surface area contributed by atoms with E-state index < -0.39 is 6.04 Å². The van der Waals surface area contributed by atoms with Crippen molar-refractivity contribution in [1.29, 1.82) is 0 Å². The average molecular weight is 381 g/mol. The Bertz CT molecular complexity index is 1080. The molecule has 4 rings (SSSR count). The van der Waals surface area contributed by atoms with Gasteiger partial charge in [0.25, 0.3) is 11.1 Å². The summed E-state index contributed by atoms with van der Waals surface area (Å²) in [5.74, 6) is 0.790. The number of rotatable bonds is 5. The zero-order valence-corrected chi connectivity index (χ0v) is 15.7. The van der Waals surface area contributed by atoms with Gasteiger partial charge < -0.3 is 10.1 Å². The molecular formula is C20H23N5O3. The second kappa shape index (κ2) is 7.93. The average Bonchev–Trinajstić information content (AvgIpc) is 2.73. The van der Waals surface area contributed by atoms with Crippen LogP contribution in [0.4, 0.5) is 5.95 Å². The summed E-state index contributed by atoms with van der Waals surface area (Å²) in [7, 11) is 0. The van der Waals surface area contributed by atoms with Crippen LogP contribution in [0, 0.1) is 5.92 Å². The normalized spacial score (nSPS) is 18.1. The molecular weight excluding hydrogens is 358 g/mol. The van der Waals surface area contributed by atoms with Crippen LogP contribution in [0.2, 0.25) is 0 Å². The molecule has 2 atom stereocenters. The predicted molar refractivity (Wildman–Crippen MR) is 107 cm³/mol. The predicted octanol–water partition coefficient (Wildman–Crippen LogP) is 1.93. The minimum absolute atomic E-state index is 0.207. The molecule has 0 saturated carbocycles. The minimum Gasteiger partial charge on any atom is -0.381 e. The number of ether oxygens (including phenoxy) is 1. The largest absolute Gasteiger partial charge is 0.381 e. The number of hydrogen-bond donors (Lipinski definition) is 2. The van der Waals surface area contributed by atoms with Crippen LogP contribution < -0.4 is 16.4 Å². The Labute approximate surface area is 161 Å². The summed E-state index contributed by atoms with van der Waals surface area (Å²) in [5.41, 5.74) is 0.00523. The smallest absolute Gasteiger partial charge is 0.275 e. The van der Waals surface area contributed by atoms with Crippen LogP contribution in [0.3, 0.4) is 0 Å². The maximum atomic E-state index is 12.8. The fraction of sp³-hybridized carbons (Fsp3) is 0.400. The number of aromatic amines is 1. The lowest BCUT2D eigenvalue weighted by atomic mass is 10.0. The molecule has 0 spiro atoms. The van der Waals surface area contributed by atoms with Gasteiger partial charge in [-0.2, -0.15) is 5.10 Å². The van der Waals surface area contributed by atoms with Gasteiger partial charge >= 0.3 is 0 Å². The van der Waals surface area contributed by atoms with Crippen molar-refractivity contribution in [3.63, 3.8) is 0 Å². The van der Waals surface area contributed by atoms with Crippen molar-refractivity contribution < 1.29 is 4.74 Å². The van der Waals surface area contributed by atoms with Crippen molar-refractivity contribution in [3.8, 4) is 0 Å². The number of nitrogens with one attached hydrogen (secondary N) is 2. The van der Waals surface area contributed by atoms with Crippen molar-refractivity contribution in [1.82, 2.24) is 19.7 Å². The van der Waals surface area contributed by atoms with Crippen molar-refractivity contribution in [2.75, 3.05) is 25.1 Å². The quantitative estimate of drug-likeness (QED) is 0.700. The monoisotopic (exact) mass is 381 g/mol. The standard InChI is InChI=1S/C20H23N5O3/c1-13(25-19(27)16-7-3-2-6-15(16)11-22-25)17-9-18(26)24-20(23-17)21-10-14-5-4-8-28-12-14/h2-3,6-7,9,11,13-14H,4-5,8,10,12H2,1H3,(H2,21,23,24,26). The zero-order valence-electron chi connectivity index (χ0n) is 15.7. The molecule has 3 heterocycles. The Balaban J connectivity index is 1.60. The molecule has 8 nitrogen and oxygen atoms in total. The molecule has 0 aliphatic carbocycles. The van der Waals surface area contributed by atoms with Gasteiger partial charge in [-0.3, -0.25) is 14.6 Å². The summed E-state index contributed by atoms with van der Waals surface area (Å²) in [5, 5.41) is 8.84. The number of aromatic nitrogens is 4. The van der Waals surface area contributed by atoms with Crippen LogP contribution >= 0.6 is 0 Å². The molecule has 2 aromatic heterocycles. The topological polar surface area (TPSA) is 102 Å². The summed E-state index contributed by atoms with van der Waals surface area (Å²) in [6.07, 6.45) is 3.79. The molecule has 1 aliphatic heterocycles. The van der Waals surface area contributed by atoms with Crippen LogP contribution in [-0.2, 0) is 4.74 Å². The van der Waals surface area contributed by atoms with Gasteiger partial charge in [-0.05, 0) is 31.7 Å². The first-order valence-electron chi connectivity index (χ1n) is 9.51. The number of benzene rings is 1. The van der Waals surface area contributed by atoms with E-state index in [2.05, 4.69) is 20.4 Å². The van der Waals surface area contributed by atoms with Gasteiger partial charge in [0.05, 0.1) is 29.9 Å². The Hall–Kier alpha value is -3.00. The van der Waals surface area contributed by atoms with Crippen LogP contribution in [-0.4, -0.2) is 39.5 Å². The molecule has 1 aromatic carbocycles. The van der Waals surface area contributed by atoms with Gasteiger partial charge in [0, 0.05) is 24.6 Å². The van der Waals surface area contributed by atoms with Crippen LogP contribution in [0.5, 0.6) is 0 Å². The molecule has 2 unspecified atom stereocenters. The number of anilines is 1. The van der Waals surface area contributed by atoms with Crippen LogP contribution in [0.1, 0.15) is 31.5 Å². The minimum atomic E-state index is -0.474. The zero-order chi connectivity index (χ0) is 19.5. The Morgan fingerprint density at radius 3 is 3.04 bits per heavy atom. The lowest BCUT2D eigenvalue weighted by Crippen LogP contribution is -2.29. The molecule has 1 aliphatic rings. The van der Waals surface area contributed by atoms with E-state index >= 15 is 0 Å². The molecule has 1 saturated heterocycles. The van der Waals surface area contributed by atoms with Gasteiger partial charge in [-0.1, -0.05) is 18.2 Å². The van der Waals surface area contributed by atoms with E-state index in [9.17, 15) is 9.59 Å². The van der Waals surface area contributed by atoms with Gasteiger partial charge in [0.15, 0.2) is 0 Å². The van der Waals surface area contributed by atoms with E-state index in [1.54, 1.807) is 12.3 Å². The molecule has 0 bridgehead atoms. The van der Waals surface area contributed by atoms with E-state index in [4.69, 9.17) is 4.74 Å². The summed E-state index contributed by atoms with van der Waals surface area (Å²) >= 11 is 0. The maximum Gasteiger partial charge on any atom is 0.275 e. The molecule has 1 fully saturated rings. The second-order valence-electron chi connectivity index (χ2n) is 7.14. The molecule has 0 amide bonds. The maximum absolute atomic E-state index is 12.8. The first kappa shape index (κ1) is 18.4. The summed E-state index contributed by atoms with van der Waals surface area (Å²) in [4.78, 5) is 32.1. The Morgan fingerprint density at radius 1 is 1.36 bits per heavy atom. The fourth-order valence-electron chi connectivity index (χ4n) is 3.49. The van der Waals surface area contributed by atoms with E-state index in [1.807, 2.05) is 25.1 Å². The Kier molecular flexibility index (Phi) is 5.21. The highest BCUT2D eigenvalue weighted by Gasteiger charge is 2.17. The number of hydrogen-bond acceptors (Lipinski definition) is 6. The fourth-order valence-corrected chi connectivity index (χ4v) is 3.49. The lowest BCUT2D eigenvalue weighted by molar-refractivity contribution is 0.0594. The lowest BCUT2D eigenvalue weighted by Gasteiger charge is -2.22. The highest BCUT2D eigenvalue weighted by atomic mass is 16.5. The number of fused-ring (bicyclic) bond motifs is 1. The molecule has 2 N–H and O–H groups in total. The van der Waals surface area contributed by atoms with E-state index in [-0.39, 0.29) is 11.1 Å². The highest BCUT2D eigenvalue weighted by Crippen LogP contribution is 2.16. The highest BCUT2D eigenvalue weighted by molar-refractivity contribution is 5.80. The summed E-state index contributed by atoms with van der Waals surface area (Å²) in [6.45, 7) is 4.01. The third-order valence-corrected chi connectivity index (χ3v) is 5.09. The third kappa shape index (κ3) is 3.82. The van der Waals surface area contributed by atoms with Crippen molar-refractivity contribution in [2.45, 2.75) is 25.8 Å². The van der Waals surface area contributed by atoms with Gasteiger partial charge in [0.1, 0.15) is 0 Å². The van der Waals surface area contributed by atoms with E-state index in [0.29, 0.717) is 36.1 Å². The number of H-pyrrole nitrogens is 1. The SMILES string of the molecule is CC(c1cc(=O)[nH]c(NCC2CCCOC2)n1)n1ncc2ccccc2c1=O. The first-order valence-corrected chi connectivity index (χ1v) is 9.51. The van der Waals surface area contributed by atoms with Crippen molar-refractivity contribution in [3.05, 3.63) is 62.9 Å². The Morgan fingerprint density at radius 2 is 2.21 bits per heavy atom. The third-order valence-electron chi connectivity index (χ3n) is 5.09. The summed E-state index contributed by atoms with van der Waals surface area (Å²) in [6, 6.07) is 8.24. The van der Waals surface area contributed by atoms with Crippen LogP contribution in [0.15, 0.2) is 46.1 Å². The molecule has 0 radical (unpaired) electrons. The van der Waals surface area contributed by atoms with Gasteiger partial charge in [-0.25, -0.2) is 9.67 Å². The molecule has 146 valence electrons. The van der Waals surface area contributed by atoms with Crippen molar-refractivity contribution in [2.24, 2.45) is 5.92 Å². The van der Waals surface area contributed by atoms with E-state index in [0.717, 1.165) is 24.8 Å². The van der Waals surface area contributed by atoms with Gasteiger partial charge in [-0.15, -0.1) is 0 Å².